The SMILES string of the molecule is CCc1ccc(OC(=O)C(C)CC)cc1. The average Bonchev–Trinajstić information content (AvgIpc) is 2.29. The lowest BCUT2D eigenvalue weighted by Gasteiger charge is -2.08. The molecule has 0 aliphatic carbocycles. The van der Waals surface area contributed by atoms with Gasteiger partial charge in [-0.05, 0) is 30.5 Å². The van der Waals surface area contributed by atoms with Crippen molar-refractivity contribution in [1.82, 2.24) is 0 Å². The van der Waals surface area contributed by atoms with E-state index in [-0.39, 0.29) is 11.9 Å². The number of ether oxygens (including phenoxy) is 1. The molecule has 15 heavy (non-hydrogen) atoms. The van der Waals surface area contributed by atoms with Crippen molar-refractivity contribution in [3.05, 3.63) is 29.8 Å². The molecule has 0 bridgehead atoms. The third kappa shape index (κ3) is 3.39. The number of carbonyl (C=O) groups excluding carboxylic acids is 1. The molecule has 0 spiro atoms. The van der Waals surface area contributed by atoms with Gasteiger partial charge in [0.2, 0.25) is 0 Å². The van der Waals surface area contributed by atoms with Crippen molar-refractivity contribution in [3.63, 3.8) is 0 Å². The molecule has 1 unspecified atom stereocenters. The summed E-state index contributed by atoms with van der Waals surface area (Å²) in [5, 5.41) is 0. The molecule has 0 aliphatic rings. The van der Waals surface area contributed by atoms with Crippen LogP contribution in [0.1, 0.15) is 32.8 Å². The Balaban J connectivity index is 2.61. The Hall–Kier alpha value is -1.31. The van der Waals surface area contributed by atoms with Gasteiger partial charge >= 0.3 is 5.97 Å². The molecule has 0 radical (unpaired) electrons. The van der Waals surface area contributed by atoms with E-state index in [4.69, 9.17) is 4.74 Å². The second-order valence-corrected chi connectivity index (χ2v) is 3.73. The monoisotopic (exact) mass is 206 g/mol. The first-order chi connectivity index (χ1) is 7.17. The van der Waals surface area contributed by atoms with E-state index >= 15 is 0 Å². The molecular formula is C13H18O2. The Bertz CT molecular complexity index is 314. The van der Waals surface area contributed by atoms with Gasteiger partial charge in [0, 0.05) is 0 Å². The van der Waals surface area contributed by atoms with E-state index in [9.17, 15) is 4.79 Å². The molecule has 2 heteroatoms. The van der Waals surface area contributed by atoms with Gasteiger partial charge in [0.05, 0.1) is 5.92 Å². The first-order valence-corrected chi connectivity index (χ1v) is 5.48. The van der Waals surface area contributed by atoms with Crippen molar-refractivity contribution >= 4 is 5.97 Å². The molecule has 0 heterocycles. The summed E-state index contributed by atoms with van der Waals surface area (Å²) in [4.78, 5) is 11.5. The fourth-order valence-electron chi connectivity index (χ4n) is 1.18. The maximum absolute atomic E-state index is 11.5. The Morgan fingerprint density at radius 2 is 1.87 bits per heavy atom. The molecule has 0 fully saturated rings. The van der Waals surface area contributed by atoms with Gasteiger partial charge in [0.25, 0.3) is 0 Å². The predicted molar refractivity (Wildman–Crippen MR) is 60.9 cm³/mol. The zero-order valence-electron chi connectivity index (χ0n) is 9.62. The lowest BCUT2D eigenvalue weighted by molar-refractivity contribution is -0.138. The summed E-state index contributed by atoms with van der Waals surface area (Å²) in [6.45, 7) is 5.95. The van der Waals surface area contributed by atoms with Crippen LogP contribution in [0.15, 0.2) is 24.3 Å². The summed E-state index contributed by atoms with van der Waals surface area (Å²) in [5.74, 6) is 0.454. The highest BCUT2D eigenvalue weighted by Gasteiger charge is 2.12. The average molecular weight is 206 g/mol. The maximum Gasteiger partial charge on any atom is 0.314 e. The zero-order valence-corrected chi connectivity index (χ0v) is 9.62. The van der Waals surface area contributed by atoms with Crippen molar-refractivity contribution in [2.45, 2.75) is 33.6 Å². The minimum atomic E-state index is -0.151. The number of esters is 1. The van der Waals surface area contributed by atoms with Crippen LogP contribution < -0.4 is 4.74 Å². The molecule has 0 aliphatic heterocycles. The standard InChI is InChI=1S/C13H18O2/c1-4-10(3)13(14)15-12-8-6-11(5-2)7-9-12/h6-10H,4-5H2,1-3H3. The normalized spacial score (nSPS) is 12.2. The Morgan fingerprint density at radius 1 is 1.27 bits per heavy atom. The highest BCUT2D eigenvalue weighted by Crippen LogP contribution is 2.15. The molecule has 0 N–H and O–H groups in total. The van der Waals surface area contributed by atoms with Gasteiger partial charge in [-0.1, -0.05) is 32.9 Å². The van der Waals surface area contributed by atoms with Crippen LogP contribution in [0.2, 0.25) is 0 Å². The summed E-state index contributed by atoms with van der Waals surface area (Å²) >= 11 is 0. The molecule has 1 atom stereocenters. The number of hydrogen-bond acceptors (Lipinski definition) is 2. The molecule has 2 nitrogen and oxygen atoms in total. The van der Waals surface area contributed by atoms with Crippen LogP contribution in [0.3, 0.4) is 0 Å². The molecular weight excluding hydrogens is 188 g/mol. The number of rotatable bonds is 4. The summed E-state index contributed by atoms with van der Waals surface area (Å²) in [5.41, 5.74) is 1.25. The second-order valence-electron chi connectivity index (χ2n) is 3.73. The molecule has 0 saturated heterocycles. The summed E-state index contributed by atoms with van der Waals surface area (Å²) < 4.78 is 5.23. The maximum atomic E-state index is 11.5. The van der Waals surface area contributed by atoms with Crippen LogP contribution in [-0.4, -0.2) is 5.97 Å². The first kappa shape index (κ1) is 11.8. The van der Waals surface area contributed by atoms with E-state index in [0.29, 0.717) is 5.75 Å². The van der Waals surface area contributed by atoms with E-state index in [1.54, 1.807) is 0 Å². The van der Waals surface area contributed by atoms with Gasteiger partial charge in [-0.3, -0.25) is 4.79 Å². The molecule has 1 aromatic rings. The van der Waals surface area contributed by atoms with E-state index in [0.717, 1.165) is 12.8 Å². The lowest BCUT2D eigenvalue weighted by Crippen LogP contribution is -2.16. The van der Waals surface area contributed by atoms with E-state index in [1.807, 2.05) is 38.1 Å². The van der Waals surface area contributed by atoms with Gasteiger partial charge in [0.1, 0.15) is 5.75 Å². The van der Waals surface area contributed by atoms with Gasteiger partial charge in [-0.25, -0.2) is 0 Å². The van der Waals surface area contributed by atoms with Crippen LogP contribution in [0.5, 0.6) is 5.75 Å². The van der Waals surface area contributed by atoms with Crippen molar-refractivity contribution < 1.29 is 9.53 Å². The van der Waals surface area contributed by atoms with Crippen LogP contribution >= 0.6 is 0 Å². The topological polar surface area (TPSA) is 26.3 Å². The van der Waals surface area contributed by atoms with Crippen LogP contribution in [0, 0.1) is 5.92 Å². The predicted octanol–water partition coefficient (Wildman–Crippen LogP) is 3.20. The first-order valence-electron chi connectivity index (χ1n) is 5.48. The van der Waals surface area contributed by atoms with Gasteiger partial charge < -0.3 is 4.74 Å². The van der Waals surface area contributed by atoms with Crippen LogP contribution in [0.4, 0.5) is 0 Å². The minimum absolute atomic E-state index is 0.0316. The van der Waals surface area contributed by atoms with Crippen LogP contribution in [0.25, 0.3) is 0 Å². The Labute approximate surface area is 91.3 Å². The highest BCUT2D eigenvalue weighted by molar-refractivity contribution is 5.74. The summed E-state index contributed by atoms with van der Waals surface area (Å²) in [6, 6.07) is 7.66. The van der Waals surface area contributed by atoms with Crippen LogP contribution in [-0.2, 0) is 11.2 Å². The minimum Gasteiger partial charge on any atom is -0.426 e. The fourth-order valence-corrected chi connectivity index (χ4v) is 1.18. The van der Waals surface area contributed by atoms with Gasteiger partial charge in [0.15, 0.2) is 0 Å². The number of carbonyl (C=O) groups is 1. The molecule has 0 saturated carbocycles. The van der Waals surface area contributed by atoms with E-state index < -0.39 is 0 Å². The van der Waals surface area contributed by atoms with Gasteiger partial charge in [-0.15, -0.1) is 0 Å². The second kappa shape index (κ2) is 5.54. The summed E-state index contributed by atoms with van der Waals surface area (Å²) in [7, 11) is 0. The number of hydrogen-bond donors (Lipinski definition) is 0. The van der Waals surface area contributed by atoms with Crippen molar-refractivity contribution in [2.24, 2.45) is 5.92 Å². The lowest BCUT2D eigenvalue weighted by atomic mass is 10.1. The van der Waals surface area contributed by atoms with E-state index in [2.05, 4.69) is 6.92 Å². The van der Waals surface area contributed by atoms with Gasteiger partial charge in [-0.2, -0.15) is 0 Å². The molecule has 1 aromatic carbocycles. The fraction of sp³-hybridized carbons (Fsp3) is 0.462. The number of benzene rings is 1. The number of aryl methyl sites for hydroxylation is 1. The largest absolute Gasteiger partial charge is 0.426 e. The third-order valence-corrected chi connectivity index (χ3v) is 2.56. The molecule has 0 amide bonds. The smallest absolute Gasteiger partial charge is 0.314 e. The zero-order chi connectivity index (χ0) is 11.3. The Morgan fingerprint density at radius 3 is 2.33 bits per heavy atom. The van der Waals surface area contributed by atoms with Crippen molar-refractivity contribution in [2.75, 3.05) is 0 Å². The summed E-state index contributed by atoms with van der Waals surface area (Å²) in [6.07, 6.45) is 1.81. The molecule has 0 aromatic heterocycles. The Kier molecular flexibility index (Phi) is 4.35. The van der Waals surface area contributed by atoms with Crippen molar-refractivity contribution in [1.29, 1.82) is 0 Å². The molecule has 82 valence electrons. The highest BCUT2D eigenvalue weighted by atomic mass is 16.5. The third-order valence-electron chi connectivity index (χ3n) is 2.56. The van der Waals surface area contributed by atoms with Crippen molar-refractivity contribution in [3.8, 4) is 5.75 Å². The quantitative estimate of drug-likeness (QED) is 0.558. The molecule has 1 rings (SSSR count). The van der Waals surface area contributed by atoms with E-state index in [1.165, 1.54) is 5.56 Å².